The quantitative estimate of drug-likeness (QED) is 0.869. The molecule has 2 aromatic rings. The van der Waals surface area contributed by atoms with Crippen LogP contribution in [-0.2, 0) is 6.54 Å². The van der Waals surface area contributed by atoms with Crippen LogP contribution >= 0.6 is 11.3 Å². The van der Waals surface area contributed by atoms with Crippen LogP contribution < -0.4 is 5.32 Å². The van der Waals surface area contributed by atoms with Gasteiger partial charge in [-0.05, 0) is 72.9 Å². The van der Waals surface area contributed by atoms with Crippen molar-refractivity contribution < 1.29 is 0 Å². The van der Waals surface area contributed by atoms with Crippen molar-refractivity contribution in [2.24, 2.45) is 0 Å². The number of likely N-dealkylation sites (tertiary alicyclic amines) is 1. The van der Waals surface area contributed by atoms with Crippen LogP contribution in [0.4, 0.5) is 5.69 Å². The van der Waals surface area contributed by atoms with Crippen LogP contribution in [0.5, 0.6) is 0 Å². The van der Waals surface area contributed by atoms with Crippen molar-refractivity contribution in [3.63, 3.8) is 0 Å². The third-order valence-electron chi connectivity index (χ3n) is 3.99. The Bertz CT molecular complexity index is 512. The Morgan fingerprint density at radius 2 is 1.90 bits per heavy atom. The number of rotatable bonds is 5. The highest BCUT2D eigenvalue weighted by Gasteiger charge is 2.11. The molecule has 1 aliphatic heterocycles. The van der Waals surface area contributed by atoms with Crippen LogP contribution in [0.1, 0.15) is 36.9 Å². The lowest BCUT2D eigenvalue weighted by atomic mass is 10.1. The number of anilines is 1. The molecule has 0 amide bonds. The maximum absolute atomic E-state index is 3.56. The zero-order valence-electron chi connectivity index (χ0n) is 12.0. The minimum atomic E-state index is 0.366. The van der Waals surface area contributed by atoms with E-state index in [-0.39, 0.29) is 0 Å². The van der Waals surface area contributed by atoms with Gasteiger partial charge in [0, 0.05) is 18.3 Å². The van der Waals surface area contributed by atoms with Crippen molar-refractivity contribution in [1.29, 1.82) is 0 Å². The summed E-state index contributed by atoms with van der Waals surface area (Å²) in [6.45, 7) is 5.82. The van der Waals surface area contributed by atoms with E-state index in [9.17, 15) is 0 Å². The van der Waals surface area contributed by atoms with Gasteiger partial charge < -0.3 is 5.32 Å². The van der Waals surface area contributed by atoms with E-state index in [2.05, 4.69) is 58.2 Å². The molecule has 1 saturated heterocycles. The monoisotopic (exact) mass is 286 g/mol. The van der Waals surface area contributed by atoms with Crippen LogP contribution in [0.25, 0.3) is 0 Å². The van der Waals surface area contributed by atoms with Gasteiger partial charge in [0.15, 0.2) is 0 Å². The molecule has 0 spiro atoms. The Balaban J connectivity index is 1.58. The molecule has 0 aliphatic carbocycles. The summed E-state index contributed by atoms with van der Waals surface area (Å²) < 4.78 is 0. The van der Waals surface area contributed by atoms with Crippen LogP contribution in [0.3, 0.4) is 0 Å². The summed E-state index contributed by atoms with van der Waals surface area (Å²) in [6.07, 6.45) is 2.72. The van der Waals surface area contributed by atoms with E-state index in [1.54, 1.807) is 11.3 Å². The predicted molar refractivity (Wildman–Crippen MR) is 87.3 cm³/mol. The van der Waals surface area contributed by atoms with Crippen LogP contribution in [0, 0.1) is 0 Å². The van der Waals surface area contributed by atoms with Gasteiger partial charge in [-0.2, -0.15) is 11.3 Å². The largest absolute Gasteiger partial charge is 0.378 e. The summed E-state index contributed by atoms with van der Waals surface area (Å²) in [5.41, 5.74) is 3.98. The topological polar surface area (TPSA) is 15.3 Å². The van der Waals surface area contributed by atoms with E-state index in [0.29, 0.717) is 6.04 Å². The van der Waals surface area contributed by atoms with E-state index in [1.807, 2.05) is 0 Å². The minimum absolute atomic E-state index is 0.366. The summed E-state index contributed by atoms with van der Waals surface area (Å²) >= 11 is 1.75. The van der Waals surface area contributed by atoms with E-state index in [4.69, 9.17) is 0 Å². The van der Waals surface area contributed by atoms with Gasteiger partial charge in [-0.1, -0.05) is 12.1 Å². The Kier molecular flexibility index (Phi) is 4.38. The molecule has 0 saturated carbocycles. The molecule has 0 bridgehead atoms. The fourth-order valence-electron chi connectivity index (χ4n) is 2.76. The number of hydrogen-bond acceptors (Lipinski definition) is 3. The smallest absolute Gasteiger partial charge is 0.0493 e. The molecule has 1 unspecified atom stereocenters. The van der Waals surface area contributed by atoms with Crippen LogP contribution in [-0.4, -0.2) is 18.0 Å². The normalized spacial score (nSPS) is 17.2. The lowest BCUT2D eigenvalue weighted by Gasteiger charge is -2.16. The highest BCUT2D eigenvalue weighted by Crippen LogP contribution is 2.22. The van der Waals surface area contributed by atoms with Crippen LogP contribution in [0.2, 0.25) is 0 Å². The maximum atomic E-state index is 3.56. The van der Waals surface area contributed by atoms with Gasteiger partial charge in [0.05, 0.1) is 0 Å². The molecule has 1 fully saturated rings. The number of nitrogens with one attached hydrogen (secondary N) is 1. The third kappa shape index (κ3) is 3.41. The first-order chi connectivity index (χ1) is 9.81. The number of benzene rings is 1. The van der Waals surface area contributed by atoms with E-state index in [0.717, 1.165) is 6.54 Å². The van der Waals surface area contributed by atoms with Crippen LogP contribution in [0.15, 0.2) is 41.1 Å². The highest BCUT2D eigenvalue weighted by molar-refractivity contribution is 7.07. The van der Waals surface area contributed by atoms with Gasteiger partial charge in [0.25, 0.3) is 0 Å². The first-order valence-electron chi connectivity index (χ1n) is 7.41. The molecular weight excluding hydrogens is 264 g/mol. The first kappa shape index (κ1) is 13.7. The van der Waals surface area contributed by atoms with Gasteiger partial charge in [0.2, 0.25) is 0 Å². The molecule has 1 aromatic heterocycles. The van der Waals surface area contributed by atoms with Crippen molar-refractivity contribution in [3.05, 3.63) is 52.2 Å². The Morgan fingerprint density at radius 1 is 1.15 bits per heavy atom. The molecule has 2 heterocycles. The van der Waals surface area contributed by atoms with Gasteiger partial charge in [-0.25, -0.2) is 0 Å². The fourth-order valence-corrected chi connectivity index (χ4v) is 3.51. The van der Waals surface area contributed by atoms with Gasteiger partial charge in [0.1, 0.15) is 0 Å². The molecular formula is C17H22N2S. The number of nitrogens with zero attached hydrogens (tertiary/aromatic N) is 1. The molecule has 1 aliphatic rings. The van der Waals surface area contributed by atoms with Gasteiger partial charge >= 0.3 is 0 Å². The standard InChI is InChI=1S/C17H22N2S/c1-14(16-8-11-20-13-16)18-17-6-4-15(5-7-17)12-19-9-2-3-10-19/h4-8,11,13-14,18H,2-3,9-10,12H2,1H3. The summed E-state index contributed by atoms with van der Waals surface area (Å²) in [5.74, 6) is 0. The number of thiophene rings is 1. The molecule has 0 radical (unpaired) electrons. The Hall–Kier alpha value is -1.32. The lowest BCUT2D eigenvalue weighted by Crippen LogP contribution is -2.18. The molecule has 1 aromatic carbocycles. The molecule has 3 rings (SSSR count). The molecule has 3 heteroatoms. The van der Waals surface area contributed by atoms with Gasteiger partial charge in [-0.15, -0.1) is 0 Å². The van der Waals surface area contributed by atoms with Crippen molar-refractivity contribution in [1.82, 2.24) is 4.90 Å². The van der Waals surface area contributed by atoms with Gasteiger partial charge in [-0.3, -0.25) is 4.90 Å². The number of hydrogen-bond donors (Lipinski definition) is 1. The lowest BCUT2D eigenvalue weighted by molar-refractivity contribution is 0.331. The second kappa shape index (κ2) is 6.42. The van der Waals surface area contributed by atoms with E-state index < -0.39 is 0 Å². The SMILES string of the molecule is CC(Nc1ccc(CN2CCCC2)cc1)c1ccsc1. The molecule has 1 N–H and O–H groups in total. The zero-order chi connectivity index (χ0) is 13.8. The Labute approximate surface area is 125 Å². The summed E-state index contributed by atoms with van der Waals surface area (Å²) in [5, 5.41) is 7.90. The maximum Gasteiger partial charge on any atom is 0.0493 e. The second-order valence-electron chi connectivity index (χ2n) is 5.60. The van der Waals surface area contributed by atoms with E-state index >= 15 is 0 Å². The summed E-state index contributed by atoms with van der Waals surface area (Å²) in [4.78, 5) is 2.54. The van der Waals surface area contributed by atoms with Crippen molar-refractivity contribution in [2.75, 3.05) is 18.4 Å². The average Bonchev–Trinajstić information content (AvgIpc) is 3.13. The second-order valence-corrected chi connectivity index (χ2v) is 6.38. The minimum Gasteiger partial charge on any atom is -0.378 e. The zero-order valence-corrected chi connectivity index (χ0v) is 12.8. The predicted octanol–water partition coefficient (Wildman–Crippen LogP) is 4.52. The molecule has 106 valence electrons. The highest BCUT2D eigenvalue weighted by atomic mass is 32.1. The molecule has 20 heavy (non-hydrogen) atoms. The summed E-state index contributed by atoms with van der Waals surface area (Å²) in [7, 11) is 0. The Morgan fingerprint density at radius 3 is 2.55 bits per heavy atom. The molecule has 2 nitrogen and oxygen atoms in total. The van der Waals surface area contributed by atoms with Crippen molar-refractivity contribution in [2.45, 2.75) is 32.4 Å². The fraction of sp³-hybridized carbons (Fsp3) is 0.412. The third-order valence-corrected chi connectivity index (χ3v) is 4.69. The molecule has 1 atom stereocenters. The van der Waals surface area contributed by atoms with Crippen molar-refractivity contribution >= 4 is 17.0 Å². The first-order valence-corrected chi connectivity index (χ1v) is 8.35. The van der Waals surface area contributed by atoms with E-state index in [1.165, 1.54) is 42.7 Å². The summed E-state index contributed by atoms with van der Waals surface area (Å²) in [6, 6.07) is 11.5. The van der Waals surface area contributed by atoms with Crippen molar-refractivity contribution in [3.8, 4) is 0 Å². The average molecular weight is 286 g/mol.